The van der Waals surface area contributed by atoms with Crippen molar-refractivity contribution in [2.75, 3.05) is 19.0 Å². The molecule has 0 aliphatic heterocycles. The minimum absolute atomic E-state index is 0.207. The van der Waals surface area contributed by atoms with Gasteiger partial charge in [0.25, 0.3) is 0 Å². The van der Waals surface area contributed by atoms with Gasteiger partial charge in [-0.1, -0.05) is 18.2 Å². The Labute approximate surface area is 113 Å². The van der Waals surface area contributed by atoms with Gasteiger partial charge in [0, 0.05) is 19.3 Å². The Hall–Kier alpha value is -1.87. The summed E-state index contributed by atoms with van der Waals surface area (Å²) in [7, 11) is 3.81. The summed E-state index contributed by atoms with van der Waals surface area (Å²) in [4.78, 5) is 1.87. The molecule has 0 saturated heterocycles. The van der Waals surface area contributed by atoms with Gasteiger partial charge in [0.1, 0.15) is 5.82 Å². The highest BCUT2D eigenvalue weighted by molar-refractivity contribution is 5.64. The molecule has 0 spiro atoms. The Morgan fingerprint density at radius 3 is 2.53 bits per heavy atom. The van der Waals surface area contributed by atoms with Crippen molar-refractivity contribution in [2.45, 2.75) is 13.5 Å². The molecule has 2 aromatic rings. The summed E-state index contributed by atoms with van der Waals surface area (Å²) in [5.41, 5.74) is 4.04. The van der Waals surface area contributed by atoms with Crippen LogP contribution in [0.1, 0.15) is 11.1 Å². The summed E-state index contributed by atoms with van der Waals surface area (Å²) in [6.07, 6.45) is 0. The van der Waals surface area contributed by atoms with E-state index in [9.17, 15) is 4.39 Å². The van der Waals surface area contributed by atoms with Crippen LogP contribution in [0.4, 0.5) is 15.8 Å². The van der Waals surface area contributed by atoms with Gasteiger partial charge < -0.3 is 10.2 Å². The van der Waals surface area contributed by atoms with Gasteiger partial charge in [0.15, 0.2) is 0 Å². The van der Waals surface area contributed by atoms with Gasteiger partial charge in [0.2, 0.25) is 0 Å². The third kappa shape index (κ3) is 2.93. The minimum Gasteiger partial charge on any atom is -0.342 e. The second kappa shape index (κ2) is 5.85. The molecule has 0 atom stereocenters. The number of benzene rings is 2. The lowest BCUT2D eigenvalue weighted by molar-refractivity contribution is 0.627. The van der Waals surface area contributed by atoms with E-state index in [0.717, 1.165) is 12.2 Å². The third-order valence-corrected chi connectivity index (χ3v) is 3.29. The van der Waals surface area contributed by atoms with Crippen LogP contribution in [-0.2, 0) is 6.54 Å². The summed E-state index contributed by atoms with van der Waals surface area (Å²) in [6, 6.07) is 13.0. The lowest BCUT2D eigenvalue weighted by Gasteiger charge is -2.21. The molecule has 2 rings (SSSR count). The molecule has 3 heteroatoms. The van der Waals surface area contributed by atoms with Gasteiger partial charge in [-0.25, -0.2) is 4.39 Å². The van der Waals surface area contributed by atoms with Gasteiger partial charge in [-0.15, -0.1) is 0 Å². The number of anilines is 2. The fraction of sp³-hybridized carbons (Fsp3) is 0.250. The smallest absolute Gasteiger partial charge is 0.146 e. The van der Waals surface area contributed by atoms with Crippen LogP contribution in [-0.4, -0.2) is 14.1 Å². The monoisotopic (exact) mass is 258 g/mol. The van der Waals surface area contributed by atoms with E-state index in [0.29, 0.717) is 5.69 Å². The number of nitrogens with one attached hydrogen (secondary N) is 1. The summed E-state index contributed by atoms with van der Waals surface area (Å²) >= 11 is 0. The number of para-hydroxylation sites is 1. The summed E-state index contributed by atoms with van der Waals surface area (Å²) in [5, 5.41) is 3.14. The fourth-order valence-corrected chi connectivity index (χ4v) is 2.14. The molecule has 0 bridgehead atoms. The number of hydrogen-bond donors (Lipinski definition) is 1. The quantitative estimate of drug-likeness (QED) is 0.901. The van der Waals surface area contributed by atoms with E-state index in [2.05, 4.69) is 24.4 Å². The van der Waals surface area contributed by atoms with Crippen molar-refractivity contribution in [3.8, 4) is 0 Å². The molecule has 0 unspecified atom stereocenters. The van der Waals surface area contributed by atoms with Crippen LogP contribution < -0.4 is 10.2 Å². The highest BCUT2D eigenvalue weighted by atomic mass is 19.1. The SMILES string of the molecule is CNCc1ccc(N(C)c2ccccc2F)cc1C. The number of hydrogen-bond acceptors (Lipinski definition) is 2. The molecular formula is C16H19FN2. The van der Waals surface area contributed by atoms with Crippen LogP contribution in [0.25, 0.3) is 0 Å². The molecule has 19 heavy (non-hydrogen) atoms. The van der Waals surface area contributed by atoms with E-state index < -0.39 is 0 Å². The summed E-state index contributed by atoms with van der Waals surface area (Å²) in [5.74, 6) is -0.207. The van der Waals surface area contributed by atoms with Gasteiger partial charge in [0.05, 0.1) is 5.69 Å². The van der Waals surface area contributed by atoms with Crippen molar-refractivity contribution in [3.05, 3.63) is 59.4 Å². The van der Waals surface area contributed by atoms with E-state index in [-0.39, 0.29) is 5.82 Å². The first kappa shape index (κ1) is 13.6. The predicted octanol–water partition coefficient (Wildman–Crippen LogP) is 3.62. The maximum atomic E-state index is 13.8. The summed E-state index contributed by atoms with van der Waals surface area (Å²) in [6.45, 7) is 2.92. The van der Waals surface area contributed by atoms with Crippen molar-refractivity contribution in [2.24, 2.45) is 0 Å². The Morgan fingerprint density at radius 2 is 1.89 bits per heavy atom. The highest BCUT2D eigenvalue weighted by Gasteiger charge is 2.09. The lowest BCUT2D eigenvalue weighted by atomic mass is 10.1. The van der Waals surface area contributed by atoms with Gasteiger partial charge in [-0.3, -0.25) is 0 Å². The molecule has 100 valence electrons. The third-order valence-electron chi connectivity index (χ3n) is 3.29. The first-order valence-electron chi connectivity index (χ1n) is 6.36. The fourth-order valence-electron chi connectivity index (χ4n) is 2.14. The van der Waals surface area contributed by atoms with Crippen molar-refractivity contribution >= 4 is 11.4 Å². The standard InChI is InChI=1S/C16H19FN2/c1-12-10-14(9-8-13(12)11-18-2)19(3)16-7-5-4-6-15(16)17/h4-10,18H,11H2,1-3H3. The molecule has 0 aromatic heterocycles. The molecule has 0 aliphatic rings. The molecule has 0 radical (unpaired) electrons. The minimum atomic E-state index is -0.207. The molecular weight excluding hydrogens is 239 g/mol. The van der Waals surface area contributed by atoms with Crippen LogP contribution >= 0.6 is 0 Å². The zero-order valence-electron chi connectivity index (χ0n) is 11.6. The van der Waals surface area contributed by atoms with Gasteiger partial charge >= 0.3 is 0 Å². The number of rotatable bonds is 4. The molecule has 0 fully saturated rings. The van der Waals surface area contributed by atoms with Crippen LogP contribution in [0, 0.1) is 12.7 Å². The molecule has 0 amide bonds. The maximum Gasteiger partial charge on any atom is 0.146 e. The highest BCUT2D eigenvalue weighted by Crippen LogP contribution is 2.27. The second-order valence-electron chi connectivity index (χ2n) is 4.65. The van der Waals surface area contributed by atoms with Crippen molar-refractivity contribution in [1.29, 1.82) is 0 Å². The van der Waals surface area contributed by atoms with E-state index in [1.165, 1.54) is 17.2 Å². The van der Waals surface area contributed by atoms with E-state index in [1.807, 2.05) is 31.1 Å². The van der Waals surface area contributed by atoms with E-state index in [1.54, 1.807) is 12.1 Å². The normalized spacial score (nSPS) is 10.5. The molecule has 0 heterocycles. The predicted molar refractivity (Wildman–Crippen MR) is 78.4 cm³/mol. The van der Waals surface area contributed by atoms with Crippen LogP contribution in [0.5, 0.6) is 0 Å². The van der Waals surface area contributed by atoms with Crippen molar-refractivity contribution in [1.82, 2.24) is 5.32 Å². The van der Waals surface area contributed by atoms with Gasteiger partial charge in [-0.2, -0.15) is 0 Å². The largest absolute Gasteiger partial charge is 0.342 e. The van der Waals surface area contributed by atoms with Crippen molar-refractivity contribution < 1.29 is 4.39 Å². The zero-order valence-corrected chi connectivity index (χ0v) is 11.6. The van der Waals surface area contributed by atoms with E-state index >= 15 is 0 Å². The Bertz CT molecular complexity index is 566. The van der Waals surface area contributed by atoms with Crippen molar-refractivity contribution in [3.63, 3.8) is 0 Å². The Morgan fingerprint density at radius 1 is 1.16 bits per heavy atom. The first-order chi connectivity index (χ1) is 9.13. The Kier molecular flexibility index (Phi) is 4.17. The van der Waals surface area contributed by atoms with E-state index in [4.69, 9.17) is 0 Å². The molecule has 0 saturated carbocycles. The van der Waals surface area contributed by atoms with Crippen LogP contribution in [0.2, 0.25) is 0 Å². The Balaban J connectivity index is 2.32. The van der Waals surface area contributed by atoms with Gasteiger partial charge in [-0.05, 0) is 49.4 Å². The zero-order chi connectivity index (χ0) is 13.8. The maximum absolute atomic E-state index is 13.8. The number of aryl methyl sites for hydroxylation is 1. The van der Waals surface area contributed by atoms with Crippen LogP contribution in [0.3, 0.4) is 0 Å². The molecule has 2 nitrogen and oxygen atoms in total. The lowest BCUT2D eigenvalue weighted by Crippen LogP contribution is -2.12. The summed E-state index contributed by atoms with van der Waals surface area (Å²) < 4.78 is 13.8. The molecule has 2 aromatic carbocycles. The average Bonchev–Trinajstić information content (AvgIpc) is 2.41. The second-order valence-corrected chi connectivity index (χ2v) is 4.65. The number of nitrogens with zero attached hydrogens (tertiary/aromatic N) is 1. The number of halogens is 1. The molecule has 1 N–H and O–H groups in total. The molecule has 0 aliphatic carbocycles. The average molecular weight is 258 g/mol. The van der Waals surface area contributed by atoms with Crippen LogP contribution in [0.15, 0.2) is 42.5 Å². The topological polar surface area (TPSA) is 15.3 Å². The first-order valence-corrected chi connectivity index (χ1v) is 6.36.